The molecule has 1 aromatic rings. The molecule has 20 heavy (non-hydrogen) atoms. The fourth-order valence-electron chi connectivity index (χ4n) is 2.63. The predicted molar refractivity (Wildman–Crippen MR) is 70.0 cm³/mol. The van der Waals surface area contributed by atoms with E-state index in [1.165, 1.54) is 0 Å². The summed E-state index contributed by atoms with van der Waals surface area (Å²) in [6.07, 6.45) is 1.64. The van der Waals surface area contributed by atoms with E-state index in [9.17, 15) is 4.79 Å². The maximum atomic E-state index is 12.2. The Bertz CT molecular complexity index is 519. The number of aromatic nitrogens is 2. The number of oxime groups is 1. The number of amides is 1. The van der Waals surface area contributed by atoms with Crippen LogP contribution >= 0.6 is 0 Å². The minimum Gasteiger partial charge on any atom is -0.409 e. The van der Waals surface area contributed by atoms with Crippen molar-refractivity contribution < 1.29 is 14.5 Å². The van der Waals surface area contributed by atoms with Crippen molar-refractivity contribution in [3.05, 3.63) is 11.7 Å². The van der Waals surface area contributed by atoms with Gasteiger partial charge >= 0.3 is 0 Å². The van der Waals surface area contributed by atoms with E-state index in [2.05, 4.69) is 20.6 Å². The zero-order chi connectivity index (χ0) is 14.8. The molecule has 110 valence electrons. The first-order valence-corrected chi connectivity index (χ1v) is 6.53. The second kappa shape index (κ2) is 5.48. The van der Waals surface area contributed by atoms with Crippen LogP contribution < -0.4 is 11.1 Å². The first-order chi connectivity index (χ1) is 9.48. The molecule has 1 amide bonds. The average molecular weight is 281 g/mol. The lowest BCUT2D eigenvalue weighted by molar-refractivity contribution is -0.133. The van der Waals surface area contributed by atoms with Gasteiger partial charge in [-0.1, -0.05) is 17.2 Å². The Morgan fingerprint density at radius 3 is 2.85 bits per heavy atom. The van der Waals surface area contributed by atoms with Gasteiger partial charge in [-0.3, -0.25) is 4.79 Å². The third-order valence-electron chi connectivity index (χ3n) is 3.62. The summed E-state index contributed by atoms with van der Waals surface area (Å²) >= 11 is 0. The molecular formula is C12H19N5O3. The summed E-state index contributed by atoms with van der Waals surface area (Å²) in [5, 5.41) is 18.3. The molecule has 0 saturated heterocycles. The SMILES string of the molecule is Cc1noc(CCNC(=O)C2(C(N)=NO)CC(C)C2)n1. The number of hydrogen-bond acceptors (Lipinski definition) is 6. The van der Waals surface area contributed by atoms with Crippen LogP contribution in [0.15, 0.2) is 9.68 Å². The molecule has 1 aromatic heterocycles. The lowest BCUT2D eigenvalue weighted by Gasteiger charge is -2.43. The van der Waals surface area contributed by atoms with Gasteiger partial charge in [-0.25, -0.2) is 0 Å². The molecular weight excluding hydrogens is 262 g/mol. The van der Waals surface area contributed by atoms with E-state index in [0.717, 1.165) is 0 Å². The quantitative estimate of drug-likeness (QED) is 0.306. The van der Waals surface area contributed by atoms with Crippen molar-refractivity contribution in [2.24, 2.45) is 22.2 Å². The topological polar surface area (TPSA) is 127 Å². The van der Waals surface area contributed by atoms with Crippen LogP contribution in [-0.4, -0.2) is 33.6 Å². The summed E-state index contributed by atoms with van der Waals surface area (Å²) in [5.41, 5.74) is 4.78. The van der Waals surface area contributed by atoms with Gasteiger partial charge in [-0.05, 0) is 25.7 Å². The lowest BCUT2D eigenvalue weighted by atomic mass is 9.61. The van der Waals surface area contributed by atoms with Crippen LogP contribution in [0.4, 0.5) is 0 Å². The van der Waals surface area contributed by atoms with E-state index in [0.29, 0.717) is 43.4 Å². The highest BCUT2D eigenvalue weighted by Crippen LogP contribution is 2.45. The van der Waals surface area contributed by atoms with Crippen LogP contribution in [0.5, 0.6) is 0 Å². The lowest BCUT2D eigenvalue weighted by Crippen LogP contribution is -2.57. The van der Waals surface area contributed by atoms with Gasteiger partial charge in [0.1, 0.15) is 5.41 Å². The van der Waals surface area contributed by atoms with E-state index >= 15 is 0 Å². The van der Waals surface area contributed by atoms with Crippen molar-refractivity contribution in [3.63, 3.8) is 0 Å². The number of carbonyl (C=O) groups is 1. The van der Waals surface area contributed by atoms with Gasteiger partial charge in [0.25, 0.3) is 0 Å². The number of rotatable bonds is 5. The molecule has 0 spiro atoms. The standard InChI is InChI=1S/C12H19N5O3/c1-7-5-12(6-7,10(13)16-19)11(18)14-4-3-9-15-8(2)17-20-9/h7,19H,3-6H2,1-2H3,(H2,13,16)(H,14,18). The first-order valence-electron chi connectivity index (χ1n) is 6.53. The van der Waals surface area contributed by atoms with Gasteiger partial charge < -0.3 is 20.8 Å². The van der Waals surface area contributed by atoms with E-state index in [-0.39, 0.29) is 11.7 Å². The molecule has 1 aliphatic rings. The van der Waals surface area contributed by atoms with E-state index in [1.54, 1.807) is 6.92 Å². The molecule has 2 rings (SSSR count). The van der Waals surface area contributed by atoms with E-state index < -0.39 is 5.41 Å². The normalized spacial score (nSPS) is 26.1. The molecule has 0 radical (unpaired) electrons. The molecule has 1 fully saturated rings. The molecule has 0 aliphatic heterocycles. The number of hydrogen-bond donors (Lipinski definition) is 3. The van der Waals surface area contributed by atoms with Crippen LogP contribution in [0, 0.1) is 18.3 Å². The van der Waals surface area contributed by atoms with Crippen molar-refractivity contribution in [2.75, 3.05) is 6.54 Å². The van der Waals surface area contributed by atoms with Crippen LogP contribution in [0.2, 0.25) is 0 Å². The second-order valence-corrected chi connectivity index (χ2v) is 5.32. The number of carbonyl (C=O) groups excluding carboxylic acids is 1. The number of nitrogens with two attached hydrogens (primary N) is 1. The van der Waals surface area contributed by atoms with Crippen molar-refractivity contribution in [2.45, 2.75) is 33.1 Å². The molecule has 4 N–H and O–H groups in total. The number of amidine groups is 1. The fraction of sp³-hybridized carbons (Fsp3) is 0.667. The van der Waals surface area contributed by atoms with E-state index in [4.69, 9.17) is 15.5 Å². The Morgan fingerprint density at radius 1 is 1.65 bits per heavy atom. The van der Waals surface area contributed by atoms with Gasteiger partial charge in [-0.2, -0.15) is 4.98 Å². The minimum absolute atomic E-state index is 0.0262. The molecule has 0 atom stereocenters. The van der Waals surface area contributed by atoms with Crippen molar-refractivity contribution in [1.29, 1.82) is 0 Å². The Hall–Kier alpha value is -2.12. The minimum atomic E-state index is -0.876. The predicted octanol–water partition coefficient (Wildman–Crippen LogP) is 0.199. The molecule has 1 heterocycles. The molecule has 0 aromatic carbocycles. The van der Waals surface area contributed by atoms with Gasteiger partial charge in [0.05, 0.1) is 0 Å². The molecule has 0 unspecified atom stereocenters. The fourth-order valence-corrected chi connectivity index (χ4v) is 2.63. The summed E-state index contributed by atoms with van der Waals surface area (Å²) in [5.74, 6) is 1.18. The Kier molecular flexibility index (Phi) is 3.91. The zero-order valence-corrected chi connectivity index (χ0v) is 11.6. The molecule has 8 heteroatoms. The maximum Gasteiger partial charge on any atom is 0.233 e. The summed E-state index contributed by atoms with van der Waals surface area (Å²) in [4.78, 5) is 16.3. The highest BCUT2D eigenvalue weighted by Gasteiger charge is 2.52. The van der Waals surface area contributed by atoms with Crippen molar-refractivity contribution >= 4 is 11.7 Å². The summed E-state index contributed by atoms with van der Waals surface area (Å²) in [6, 6.07) is 0. The highest BCUT2D eigenvalue weighted by molar-refractivity contribution is 6.07. The van der Waals surface area contributed by atoms with Crippen molar-refractivity contribution in [3.8, 4) is 0 Å². The van der Waals surface area contributed by atoms with Gasteiger partial charge in [0, 0.05) is 13.0 Å². The molecule has 1 aliphatic carbocycles. The monoisotopic (exact) mass is 281 g/mol. The largest absolute Gasteiger partial charge is 0.409 e. The maximum absolute atomic E-state index is 12.2. The van der Waals surface area contributed by atoms with Gasteiger partial charge in [-0.15, -0.1) is 0 Å². The number of nitrogens with zero attached hydrogens (tertiary/aromatic N) is 3. The van der Waals surface area contributed by atoms with Crippen molar-refractivity contribution in [1.82, 2.24) is 15.5 Å². The smallest absolute Gasteiger partial charge is 0.233 e. The molecule has 8 nitrogen and oxygen atoms in total. The van der Waals surface area contributed by atoms with Gasteiger partial charge in [0.2, 0.25) is 11.8 Å². The molecule has 0 bridgehead atoms. The summed E-state index contributed by atoms with van der Waals surface area (Å²) in [7, 11) is 0. The van der Waals surface area contributed by atoms with Crippen LogP contribution in [0.1, 0.15) is 31.5 Å². The Morgan fingerprint density at radius 2 is 2.35 bits per heavy atom. The second-order valence-electron chi connectivity index (χ2n) is 5.32. The van der Waals surface area contributed by atoms with Crippen LogP contribution in [0.3, 0.4) is 0 Å². The summed E-state index contributed by atoms with van der Waals surface area (Å²) < 4.78 is 4.96. The first kappa shape index (κ1) is 14.3. The van der Waals surface area contributed by atoms with Crippen LogP contribution in [0.25, 0.3) is 0 Å². The summed E-state index contributed by atoms with van der Waals surface area (Å²) in [6.45, 7) is 4.13. The average Bonchev–Trinajstić information content (AvgIpc) is 2.79. The number of aryl methyl sites for hydroxylation is 1. The van der Waals surface area contributed by atoms with Crippen LogP contribution in [-0.2, 0) is 11.2 Å². The third-order valence-corrected chi connectivity index (χ3v) is 3.62. The number of nitrogens with one attached hydrogen (secondary N) is 1. The Balaban J connectivity index is 1.90. The third kappa shape index (κ3) is 2.59. The zero-order valence-electron chi connectivity index (χ0n) is 11.6. The molecule has 1 saturated carbocycles. The van der Waals surface area contributed by atoms with Gasteiger partial charge in [0.15, 0.2) is 11.7 Å². The highest BCUT2D eigenvalue weighted by atomic mass is 16.5. The Labute approximate surface area is 116 Å². The van der Waals surface area contributed by atoms with E-state index in [1.807, 2.05) is 6.92 Å².